The molecule has 2 atom stereocenters. The van der Waals surface area contributed by atoms with Gasteiger partial charge < -0.3 is 0 Å². The Labute approximate surface area is 71.4 Å². The third-order valence-electron chi connectivity index (χ3n) is 3.76. The first-order valence-corrected chi connectivity index (χ1v) is 5.23. The Bertz CT molecular complexity index is 113. The first-order valence-electron chi connectivity index (χ1n) is 5.23. The number of hydrogen-bond acceptors (Lipinski definition) is 0. The van der Waals surface area contributed by atoms with Crippen LogP contribution in [0.15, 0.2) is 0 Å². The van der Waals surface area contributed by atoms with Crippen LogP contribution in [0.1, 0.15) is 59.3 Å². The van der Waals surface area contributed by atoms with Gasteiger partial charge in [0.15, 0.2) is 0 Å². The average Bonchev–Trinajstić information content (AvgIpc) is 2.02. The fourth-order valence-corrected chi connectivity index (χ4v) is 2.25. The van der Waals surface area contributed by atoms with Gasteiger partial charge in [-0.1, -0.05) is 40.0 Å². The monoisotopic (exact) mass is 154 g/mol. The van der Waals surface area contributed by atoms with Crippen molar-refractivity contribution in [1.82, 2.24) is 0 Å². The minimum absolute atomic E-state index is 0.731. The molecule has 11 heavy (non-hydrogen) atoms. The minimum Gasteiger partial charge on any atom is -0.0654 e. The summed E-state index contributed by atoms with van der Waals surface area (Å²) in [6.45, 7) is 7.11. The van der Waals surface area contributed by atoms with Crippen LogP contribution in [-0.2, 0) is 0 Å². The number of rotatable bonds is 4. The molecule has 0 amide bonds. The normalized spacial score (nSPS) is 36.8. The molecule has 66 valence electrons. The maximum atomic E-state index is 2.47. The molecule has 0 aliphatic heterocycles. The summed E-state index contributed by atoms with van der Waals surface area (Å²) in [5.41, 5.74) is 0.731. The topological polar surface area (TPSA) is 0 Å². The van der Waals surface area contributed by atoms with Gasteiger partial charge in [-0.15, -0.1) is 0 Å². The maximum Gasteiger partial charge on any atom is -0.0300 e. The van der Waals surface area contributed by atoms with Gasteiger partial charge in [0.1, 0.15) is 0 Å². The molecular weight excluding hydrogens is 132 g/mol. The van der Waals surface area contributed by atoms with E-state index >= 15 is 0 Å². The summed E-state index contributed by atoms with van der Waals surface area (Å²) in [5.74, 6) is 1.06. The van der Waals surface area contributed by atoms with Crippen molar-refractivity contribution in [3.05, 3.63) is 0 Å². The first-order chi connectivity index (χ1) is 5.23. The van der Waals surface area contributed by atoms with Crippen LogP contribution < -0.4 is 0 Å². The molecule has 1 aliphatic rings. The second-order valence-corrected chi connectivity index (χ2v) is 4.39. The second-order valence-electron chi connectivity index (χ2n) is 4.39. The van der Waals surface area contributed by atoms with Gasteiger partial charge in [0.2, 0.25) is 0 Å². The summed E-state index contributed by atoms with van der Waals surface area (Å²) in [6.07, 6.45) is 8.68. The summed E-state index contributed by atoms with van der Waals surface area (Å²) in [6, 6.07) is 0. The van der Waals surface area contributed by atoms with E-state index in [1.807, 2.05) is 0 Å². The molecule has 2 unspecified atom stereocenters. The smallest absolute Gasteiger partial charge is 0.0300 e. The van der Waals surface area contributed by atoms with Crippen LogP contribution in [0.25, 0.3) is 0 Å². The van der Waals surface area contributed by atoms with Crippen LogP contribution in [0.4, 0.5) is 0 Å². The van der Waals surface area contributed by atoms with E-state index in [2.05, 4.69) is 20.8 Å². The lowest BCUT2D eigenvalue weighted by molar-refractivity contribution is 0.0376. The van der Waals surface area contributed by atoms with Crippen LogP contribution in [-0.4, -0.2) is 0 Å². The van der Waals surface area contributed by atoms with Crippen molar-refractivity contribution in [1.29, 1.82) is 0 Å². The maximum absolute atomic E-state index is 2.47. The third kappa shape index (κ3) is 1.77. The summed E-state index contributed by atoms with van der Waals surface area (Å²) >= 11 is 0. The van der Waals surface area contributed by atoms with Crippen molar-refractivity contribution in [2.75, 3.05) is 0 Å². The van der Waals surface area contributed by atoms with Crippen molar-refractivity contribution in [2.45, 2.75) is 59.3 Å². The molecule has 0 aromatic rings. The van der Waals surface area contributed by atoms with E-state index in [-0.39, 0.29) is 0 Å². The Morgan fingerprint density at radius 3 is 2.45 bits per heavy atom. The van der Waals surface area contributed by atoms with E-state index in [1.165, 1.54) is 38.5 Å². The van der Waals surface area contributed by atoms with E-state index < -0.39 is 0 Å². The SMILES string of the molecule is CCCCC1CCC1(C)CC. The van der Waals surface area contributed by atoms with Gasteiger partial charge in [-0.2, -0.15) is 0 Å². The Kier molecular flexibility index (Phi) is 2.98. The minimum atomic E-state index is 0.731. The Hall–Kier alpha value is 0. The molecule has 1 aliphatic carbocycles. The lowest BCUT2D eigenvalue weighted by Gasteiger charge is -2.47. The molecule has 1 fully saturated rings. The predicted molar refractivity (Wildman–Crippen MR) is 50.6 cm³/mol. The Morgan fingerprint density at radius 1 is 1.36 bits per heavy atom. The quantitative estimate of drug-likeness (QED) is 0.574. The highest BCUT2D eigenvalue weighted by Crippen LogP contribution is 2.50. The van der Waals surface area contributed by atoms with Crippen molar-refractivity contribution in [3.63, 3.8) is 0 Å². The summed E-state index contributed by atoms with van der Waals surface area (Å²) in [5, 5.41) is 0. The highest BCUT2D eigenvalue weighted by Gasteiger charge is 2.39. The molecule has 0 aromatic heterocycles. The molecule has 0 spiro atoms. The molecule has 0 heteroatoms. The lowest BCUT2D eigenvalue weighted by Crippen LogP contribution is -2.36. The predicted octanol–water partition coefficient (Wildman–Crippen LogP) is 4.00. The Morgan fingerprint density at radius 2 is 2.09 bits per heavy atom. The molecule has 0 heterocycles. The molecule has 1 rings (SSSR count). The third-order valence-corrected chi connectivity index (χ3v) is 3.76. The highest BCUT2D eigenvalue weighted by atomic mass is 14.4. The molecule has 0 N–H and O–H groups in total. The van der Waals surface area contributed by atoms with Gasteiger partial charge in [0.25, 0.3) is 0 Å². The van der Waals surface area contributed by atoms with Crippen LogP contribution in [0.2, 0.25) is 0 Å². The van der Waals surface area contributed by atoms with E-state index in [1.54, 1.807) is 0 Å². The van der Waals surface area contributed by atoms with Crippen LogP contribution in [0, 0.1) is 11.3 Å². The van der Waals surface area contributed by atoms with E-state index in [9.17, 15) is 0 Å². The first kappa shape index (κ1) is 9.09. The largest absolute Gasteiger partial charge is 0.0654 e. The van der Waals surface area contributed by atoms with Crippen molar-refractivity contribution < 1.29 is 0 Å². The molecule has 0 bridgehead atoms. The summed E-state index contributed by atoms with van der Waals surface area (Å²) in [7, 11) is 0. The molecule has 0 aromatic carbocycles. The summed E-state index contributed by atoms with van der Waals surface area (Å²) < 4.78 is 0. The number of hydrogen-bond donors (Lipinski definition) is 0. The zero-order chi connectivity index (χ0) is 8.32. The molecule has 0 nitrogen and oxygen atoms in total. The standard InChI is InChI=1S/C11H22/c1-4-6-7-10-8-9-11(10,3)5-2/h10H,4-9H2,1-3H3. The van der Waals surface area contributed by atoms with Crippen LogP contribution in [0.3, 0.4) is 0 Å². The van der Waals surface area contributed by atoms with Gasteiger partial charge in [-0.25, -0.2) is 0 Å². The van der Waals surface area contributed by atoms with Gasteiger partial charge >= 0.3 is 0 Å². The van der Waals surface area contributed by atoms with E-state index in [4.69, 9.17) is 0 Å². The van der Waals surface area contributed by atoms with Crippen molar-refractivity contribution in [3.8, 4) is 0 Å². The zero-order valence-electron chi connectivity index (χ0n) is 8.32. The fraction of sp³-hybridized carbons (Fsp3) is 1.00. The van der Waals surface area contributed by atoms with E-state index in [0.29, 0.717) is 0 Å². The van der Waals surface area contributed by atoms with Crippen molar-refractivity contribution >= 4 is 0 Å². The molecule has 1 saturated carbocycles. The number of unbranched alkanes of at least 4 members (excludes halogenated alkanes) is 1. The van der Waals surface area contributed by atoms with Crippen molar-refractivity contribution in [2.24, 2.45) is 11.3 Å². The van der Waals surface area contributed by atoms with Crippen LogP contribution >= 0.6 is 0 Å². The van der Waals surface area contributed by atoms with Gasteiger partial charge in [0.05, 0.1) is 0 Å². The molecular formula is C11H22. The van der Waals surface area contributed by atoms with Gasteiger partial charge in [0, 0.05) is 0 Å². The zero-order valence-corrected chi connectivity index (χ0v) is 8.32. The average molecular weight is 154 g/mol. The highest BCUT2D eigenvalue weighted by molar-refractivity contribution is 4.90. The molecule has 0 saturated heterocycles. The summed E-state index contributed by atoms with van der Waals surface area (Å²) in [4.78, 5) is 0. The molecule has 0 radical (unpaired) electrons. The van der Waals surface area contributed by atoms with Gasteiger partial charge in [-0.05, 0) is 30.6 Å². The Balaban J connectivity index is 2.25. The fourth-order valence-electron chi connectivity index (χ4n) is 2.25. The van der Waals surface area contributed by atoms with Crippen LogP contribution in [0.5, 0.6) is 0 Å². The van der Waals surface area contributed by atoms with E-state index in [0.717, 1.165) is 11.3 Å². The second kappa shape index (κ2) is 3.60. The van der Waals surface area contributed by atoms with Gasteiger partial charge in [-0.3, -0.25) is 0 Å². The lowest BCUT2D eigenvalue weighted by atomic mass is 9.58.